The Kier molecular flexibility index (Phi) is 4.15. The Bertz CT molecular complexity index is 51.8. The van der Waals surface area contributed by atoms with Crippen LogP contribution in [-0.4, -0.2) is 16.1 Å². The van der Waals surface area contributed by atoms with Crippen LogP contribution in [0.15, 0.2) is 0 Å². The molecule has 0 aromatic carbocycles. The molecule has 0 heterocycles. The maximum absolute atomic E-state index is 5.19. The Balaban J connectivity index is 3.82. The van der Waals surface area contributed by atoms with Crippen molar-refractivity contribution in [1.82, 2.24) is 0 Å². The summed E-state index contributed by atoms with van der Waals surface area (Å²) in [5, 5.41) is 0. The van der Waals surface area contributed by atoms with Crippen LogP contribution < -0.4 is 0 Å². The van der Waals surface area contributed by atoms with E-state index in [1.54, 1.807) is 0 Å². The van der Waals surface area contributed by atoms with Gasteiger partial charge >= 0.3 is 0 Å². The van der Waals surface area contributed by atoms with E-state index in [0.29, 0.717) is 0 Å². The molecule has 0 aliphatic heterocycles. The fourth-order valence-corrected chi connectivity index (χ4v) is 1.40. The van der Waals surface area contributed by atoms with Crippen molar-refractivity contribution >= 4 is 10.5 Å². The van der Waals surface area contributed by atoms with Gasteiger partial charge in [-0.15, -0.1) is 0 Å². The molecule has 0 spiro atoms. The second-order valence-electron chi connectivity index (χ2n) is 2.35. The molecule has 0 rings (SSSR count). The zero-order chi connectivity index (χ0) is 7.33. The van der Waals surface area contributed by atoms with E-state index in [9.17, 15) is 0 Å². The van der Waals surface area contributed by atoms with Crippen molar-refractivity contribution in [3.05, 3.63) is 0 Å². The minimum absolute atomic E-state index is 0.0802. The van der Waals surface area contributed by atoms with Gasteiger partial charge in [0.05, 0.1) is 5.60 Å². The predicted octanol–water partition coefficient (Wildman–Crippen LogP) is 2.06. The van der Waals surface area contributed by atoms with E-state index in [0.717, 1.165) is 19.3 Å². The molecular formula is C7H15OSi. The molecule has 0 aliphatic carbocycles. The normalized spacial score (nSPS) is 12.0. The Morgan fingerprint density at radius 2 is 1.44 bits per heavy atom. The lowest BCUT2D eigenvalue weighted by Gasteiger charge is -2.28. The highest BCUT2D eigenvalue weighted by Gasteiger charge is 2.21. The summed E-state index contributed by atoms with van der Waals surface area (Å²) in [6, 6.07) is 0. The summed E-state index contributed by atoms with van der Waals surface area (Å²) in [5.41, 5.74) is 0.0802. The minimum Gasteiger partial charge on any atom is -0.413 e. The van der Waals surface area contributed by atoms with Crippen LogP contribution in [0.1, 0.15) is 40.0 Å². The molecule has 0 atom stereocenters. The van der Waals surface area contributed by atoms with Gasteiger partial charge in [0.2, 0.25) is 10.5 Å². The zero-order valence-corrected chi connectivity index (χ0v) is 7.53. The molecule has 53 valence electrons. The predicted molar refractivity (Wildman–Crippen MR) is 40.4 cm³/mol. The van der Waals surface area contributed by atoms with E-state index >= 15 is 0 Å². The Morgan fingerprint density at radius 1 is 1.11 bits per heavy atom. The minimum atomic E-state index is 0.0802. The standard InChI is InChI=1S/C7H15OSi/c1-4-7(5-2,6-3)8-9/h4-6H2,1-3H3. The summed E-state index contributed by atoms with van der Waals surface area (Å²) < 4.78 is 5.19. The molecule has 0 unspecified atom stereocenters. The lowest BCUT2D eigenvalue weighted by Crippen LogP contribution is -2.28. The molecule has 0 N–H and O–H groups in total. The Labute approximate surface area is 61.3 Å². The molecule has 0 aliphatic rings. The molecule has 2 heteroatoms. The smallest absolute Gasteiger partial charge is 0.247 e. The molecule has 0 amide bonds. The SMILES string of the molecule is CCC(CC)(CC)O[Si]. The van der Waals surface area contributed by atoms with Gasteiger partial charge in [0, 0.05) is 0 Å². The van der Waals surface area contributed by atoms with Gasteiger partial charge in [-0.1, -0.05) is 20.8 Å². The van der Waals surface area contributed by atoms with Crippen LogP contribution >= 0.6 is 0 Å². The molecule has 3 radical (unpaired) electrons. The molecule has 0 saturated heterocycles. The lowest BCUT2D eigenvalue weighted by atomic mass is 9.95. The van der Waals surface area contributed by atoms with Crippen LogP contribution in [0.4, 0.5) is 0 Å². The van der Waals surface area contributed by atoms with Crippen LogP contribution in [0, 0.1) is 0 Å². The van der Waals surface area contributed by atoms with Crippen molar-refractivity contribution in [2.75, 3.05) is 0 Å². The van der Waals surface area contributed by atoms with Crippen molar-refractivity contribution in [2.45, 2.75) is 45.6 Å². The van der Waals surface area contributed by atoms with Crippen molar-refractivity contribution in [3.8, 4) is 0 Å². The molecule has 0 bridgehead atoms. The first-order valence-electron chi connectivity index (χ1n) is 3.59. The molecule has 0 aromatic heterocycles. The van der Waals surface area contributed by atoms with Gasteiger partial charge < -0.3 is 4.43 Å². The first-order valence-corrected chi connectivity index (χ1v) is 4.00. The summed E-state index contributed by atoms with van der Waals surface area (Å²) in [6.45, 7) is 6.44. The topological polar surface area (TPSA) is 9.23 Å². The molecule has 0 fully saturated rings. The molecule has 0 aromatic rings. The van der Waals surface area contributed by atoms with E-state index < -0.39 is 0 Å². The van der Waals surface area contributed by atoms with Crippen molar-refractivity contribution in [2.24, 2.45) is 0 Å². The number of rotatable bonds is 4. The third kappa shape index (κ3) is 2.10. The first-order chi connectivity index (χ1) is 4.24. The average molecular weight is 143 g/mol. The summed E-state index contributed by atoms with van der Waals surface area (Å²) in [4.78, 5) is 0. The fourth-order valence-electron chi connectivity index (χ4n) is 0.967. The van der Waals surface area contributed by atoms with Crippen LogP contribution in [0.3, 0.4) is 0 Å². The number of hydrogen-bond acceptors (Lipinski definition) is 1. The summed E-state index contributed by atoms with van der Waals surface area (Å²) >= 11 is 0. The van der Waals surface area contributed by atoms with E-state index in [-0.39, 0.29) is 5.60 Å². The van der Waals surface area contributed by atoms with Crippen LogP contribution in [0.25, 0.3) is 0 Å². The third-order valence-electron chi connectivity index (χ3n) is 2.15. The Hall–Kier alpha value is 0.177. The third-order valence-corrected chi connectivity index (χ3v) is 2.58. The zero-order valence-electron chi connectivity index (χ0n) is 6.53. The van der Waals surface area contributed by atoms with Gasteiger partial charge in [0.1, 0.15) is 0 Å². The molecule has 1 nitrogen and oxygen atoms in total. The maximum atomic E-state index is 5.19. The van der Waals surface area contributed by atoms with E-state index in [4.69, 9.17) is 4.43 Å². The van der Waals surface area contributed by atoms with E-state index in [1.165, 1.54) is 0 Å². The van der Waals surface area contributed by atoms with Gasteiger partial charge in [-0.25, -0.2) is 0 Å². The quantitative estimate of drug-likeness (QED) is 0.547. The molecule has 0 saturated carbocycles. The fraction of sp³-hybridized carbons (Fsp3) is 1.00. The van der Waals surface area contributed by atoms with Crippen LogP contribution in [-0.2, 0) is 4.43 Å². The Morgan fingerprint density at radius 3 is 1.44 bits per heavy atom. The van der Waals surface area contributed by atoms with Gasteiger partial charge in [0.15, 0.2) is 0 Å². The summed E-state index contributed by atoms with van der Waals surface area (Å²) in [7, 11) is 3.10. The van der Waals surface area contributed by atoms with E-state index in [2.05, 4.69) is 31.3 Å². The second-order valence-corrected chi connectivity index (χ2v) is 2.55. The van der Waals surface area contributed by atoms with Crippen LogP contribution in [0.2, 0.25) is 0 Å². The average Bonchev–Trinajstić information content (AvgIpc) is 1.95. The highest BCUT2D eigenvalue weighted by molar-refractivity contribution is 5.98. The highest BCUT2D eigenvalue weighted by Crippen LogP contribution is 2.22. The summed E-state index contributed by atoms with van der Waals surface area (Å²) in [6.07, 6.45) is 3.22. The van der Waals surface area contributed by atoms with E-state index in [1.807, 2.05) is 0 Å². The number of hydrogen-bond donors (Lipinski definition) is 0. The lowest BCUT2D eigenvalue weighted by molar-refractivity contribution is 0.0668. The molecular weight excluding hydrogens is 128 g/mol. The monoisotopic (exact) mass is 143 g/mol. The maximum Gasteiger partial charge on any atom is 0.247 e. The molecule has 9 heavy (non-hydrogen) atoms. The van der Waals surface area contributed by atoms with Gasteiger partial charge in [0.25, 0.3) is 0 Å². The van der Waals surface area contributed by atoms with Crippen molar-refractivity contribution < 1.29 is 4.43 Å². The van der Waals surface area contributed by atoms with Gasteiger partial charge in [-0.05, 0) is 19.3 Å². The second kappa shape index (κ2) is 4.07. The van der Waals surface area contributed by atoms with Crippen molar-refractivity contribution in [3.63, 3.8) is 0 Å². The highest BCUT2D eigenvalue weighted by atomic mass is 28.2. The van der Waals surface area contributed by atoms with Gasteiger partial charge in [-0.2, -0.15) is 0 Å². The summed E-state index contributed by atoms with van der Waals surface area (Å²) in [5.74, 6) is 0. The van der Waals surface area contributed by atoms with Crippen molar-refractivity contribution in [1.29, 1.82) is 0 Å². The van der Waals surface area contributed by atoms with Gasteiger partial charge in [-0.3, -0.25) is 0 Å². The largest absolute Gasteiger partial charge is 0.413 e. The first kappa shape index (κ1) is 9.18. The van der Waals surface area contributed by atoms with Crippen LogP contribution in [0.5, 0.6) is 0 Å².